The minimum atomic E-state index is -0.0796. The molecule has 0 saturated carbocycles. The van der Waals surface area contributed by atoms with Crippen molar-refractivity contribution in [1.29, 1.82) is 10.7 Å². The molecular formula is C22H23N5O2. The zero-order chi connectivity index (χ0) is 20.2. The van der Waals surface area contributed by atoms with Crippen LogP contribution in [0, 0.1) is 16.7 Å². The molecule has 1 N–H and O–H groups in total. The van der Waals surface area contributed by atoms with Gasteiger partial charge in [-0.3, -0.25) is 15.1 Å². The van der Waals surface area contributed by atoms with E-state index >= 15 is 0 Å². The Morgan fingerprint density at radius 3 is 2.31 bits per heavy atom. The molecule has 0 amide bonds. The number of nitriles is 1. The Hall–Kier alpha value is -3.21. The van der Waals surface area contributed by atoms with E-state index < -0.39 is 0 Å². The summed E-state index contributed by atoms with van der Waals surface area (Å²) in [4.78, 5) is 15.1. The molecule has 4 rings (SSSR count). The maximum atomic E-state index is 12.8. The molecule has 2 aromatic carbocycles. The number of nitrogens with zero attached hydrogens (tertiary/aromatic N) is 4. The van der Waals surface area contributed by atoms with Crippen molar-refractivity contribution in [2.75, 3.05) is 32.8 Å². The summed E-state index contributed by atoms with van der Waals surface area (Å²) < 4.78 is 9.13. The lowest BCUT2D eigenvalue weighted by atomic mass is 10.1. The molecule has 0 unspecified atom stereocenters. The Kier molecular flexibility index (Phi) is 5.56. The molecule has 1 fully saturated rings. The van der Waals surface area contributed by atoms with Gasteiger partial charge in [-0.2, -0.15) is 5.26 Å². The van der Waals surface area contributed by atoms with Crippen molar-refractivity contribution in [3.63, 3.8) is 0 Å². The second kappa shape index (κ2) is 8.43. The number of fused-ring (bicyclic) bond motifs is 1. The van der Waals surface area contributed by atoms with Gasteiger partial charge in [-0.05, 0) is 24.3 Å². The number of hydrogen-bond acceptors (Lipinski definition) is 5. The van der Waals surface area contributed by atoms with Crippen LogP contribution in [0.3, 0.4) is 0 Å². The first-order chi connectivity index (χ1) is 14.2. The second-order valence-electron chi connectivity index (χ2n) is 7.12. The van der Waals surface area contributed by atoms with E-state index in [9.17, 15) is 4.79 Å². The van der Waals surface area contributed by atoms with Gasteiger partial charge in [0.15, 0.2) is 5.78 Å². The molecule has 148 valence electrons. The van der Waals surface area contributed by atoms with Crippen LogP contribution in [0.5, 0.6) is 0 Å². The highest BCUT2D eigenvalue weighted by Crippen LogP contribution is 2.14. The summed E-state index contributed by atoms with van der Waals surface area (Å²) in [6.07, 6.45) is 0. The number of ketones is 1. The van der Waals surface area contributed by atoms with Crippen molar-refractivity contribution in [3.05, 3.63) is 65.3 Å². The maximum Gasteiger partial charge on any atom is 0.203 e. The third kappa shape index (κ3) is 3.99. The summed E-state index contributed by atoms with van der Waals surface area (Å²) >= 11 is 0. The lowest BCUT2D eigenvalue weighted by Crippen LogP contribution is -2.39. The normalized spacial score (nSPS) is 14.7. The van der Waals surface area contributed by atoms with Gasteiger partial charge in [0.05, 0.1) is 42.4 Å². The number of ether oxygens (including phenoxy) is 1. The summed E-state index contributed by atoms with van der Waals surface area (Å²) in [6.45, 7) is 4.94. The van der Waals surface area contributed by atoms with Crippen LogP contribution in [0.15, 0.2) is 48.5 Å². The van der Waals surface area contributed by atoms with Crippen LogP contribution < -0.4 is 5.62 Å². The van der Waals surface area contributed by atoms with Gasteiger partial charge in [-0.15, -0.1) is 0 Å². The summed E-state index contributed by atoms with van der Waals surface area (Å²) in [5.74, 6) is -0.0796. The van der Waals surface area contributed by atoms with Crippen molar-refractivity contribution in [2.45, 2.75) is 13.1 Å². The Morgan fingerprint density at radius 2 is 1.66 bits per heavy atom. The molecule has 0 bridgehead atoms. The number of aromatic nitrogens is 2. The molecule has 1 aliphatic rings. The molecule has 0 spiro atoms. The summed E-state index contributed by atoms with van der Waals surface area (Å²) in [5, 5.41) is 17.6. The van der Waals surface area contributed by atoms with Gasteiger partial charge in [0.1, 0.15) is 0 Å². The number of benzene rings is 2. The van der Waals surface area contributed by atoms with Crippen molar-refractivity contribution in [2.24, 2.45) is 0 Å². The van der Waals surface area contributed by atoms with Crippen LogP contribution in [0.4, 0.5) is 0 Å². The molecular weight excluding hydrogens is 366 g/mol. The van der Waals surface area contributed by atoms with Crippen LogP contribution >= 0.6 is 0 Å². The van der Waals surface area contributed by atoms with Gasteiger partial charge in [-0.1, -0.05) is 24.3 Å². The maximum absolute atomic E-state index is 12.8. The monoisotopic (exact) mass is 389 g/mol. The average molecular weight is 389 g/mol. The minimum Gasteiger partial charge on any atom is -0.379 e. The summed E-state index contributed by atoms with van der Waals surface area (Å²) in [5.41, 5.74) is 3.22. The third-order valence-corrected chi connectivity index (χ3v) is 5.36. The van der Waals surface area contributed by atoms with E-state index in [0.717, 1.165) is 43.9 Å². The smallest absolute Gasteiger partial charge is 0.203 e. The van der Waals surface area contributed by atoms with Crippen molar-refractivity contribution in [3.8, 4) is 6.07 Å². The van der Waals surface area contributed by atoms with Crippen LogP contribution in [0.2, 0.25) is 0 Å². The highest BCUT2D eigenvalue weighted by Gasteiger charge is 2.16. The number of Topliss-reactive ketones (excluding diaryl/α,β-unsaturated/α-hetero) is 1. The second-order valence-corrected chi connectivity index (χ2v) is 7.12. The van der Waals surface area contributed by atoms with E-state index in [-0.39, 0.29) is 12.3 Å². The summed E-state index contributed by atoms with van der Waals surface area (Å²) in [6, 6.07) is 16.5. The molecule has 0 aliphatic carbocycles. The molecule has 1 aromatic heterocycles. The highest BCUT2D eigenvalue weighted by molar-refractivity contribution is 5.96. The average Bonchev–Trinajstić information content (AvgIpc) is 3.04. The zero-order valence-corrected chi connectivity index (χ0v) is 16.2. The SMILES string of the molecule is N#Cc1ccc(C(=O)Cn2c(=N)n(CCN3CCOCC3)c3ccccc32)cc1. The molecule has 0 atom stereocenters. The zero-order valence-electron chi connectivity index (χ0n) is 16.2. The Labute approximate surface area is 168 Å². The van der Waals surface area contributed by atoms with E-state index in [1.54, 1.807) is 28.8 Å². The van der Waals surface area contributed by atoms with Gasteiger partial charge in [-0.25, -0.2) is 0 Å². The fraction of sp³-hybridized carbons (Fsp3) is 0.318. The van der Waals surface area contributed by atoms with Crippen molar-refractivity contribution >= 4 is 16.8 Å². The fourth-order valence-electron chi connectivity index (χ4n) is 3.71. The first kappa shape index (κ1) is 19.1. The molecule has 1 saturated heterocycles. The Morgan fingerprint density at radius 1 is 1.00 bits per heavy atom. The van der Waals surface area contributed by atoms with Crippen molar-refractivity contribution in [1.82, 2.24) is 14.0 Å². The largest absolute Gasteiger partial charge is 0.379 e. The van der Waals surface area contributed by atoms with Gasteiger partial charge in [0.2, 0.25) is 5.62 Å². The number of nitrogens with one attached hydrogen (secondary N) is 1. The van der Waals surface area contributed by atoms with E-state index in [2.05, 4.69) is 11.0 Å². The predicted molar refractivity (Wildman–Crippen MR) is 109 cm³/mol. The topological polar surface area (TPSA) is 87.0 Å². The standard InChI is InChI=1S/C22H23N5O2/c23-15-17-5-7-18(8-6-17)21(28)16-27-20-4-2-1-3-19(20)26(22(27)24)10-9-25-11-13-29-14-12-25/h1-8,24H,9-14,16H2. The number of carbonyl (C=O) groups excluding carboxylic acids is 1. The first-order valence-electron chi connectivity index (χ1n) is 9.73. The number of hydrogen-bond donors (Lipinski definition) is 1. The Bertz CT molecular complexity index is 1110. The van der Waals surface area contributed by atoms with Gasteiger partial charge >= 0.3 is 0 Å². The number of para-hydroxylation sites is 2. The number of carbonyl (C=O) groups is 1. The molecule has 1 aliphatic heterocycles. The van der Waals surface area contributed by atoms with Gasteiger partial charge in [0, 0.05) is 31.7 Å². The number of imidazole rings is 1. The molecule has 3 aromatic rings. The first-order valence-corrected chi connectivity index (χ1v) is 9.73. The van der Waals surface area contributed by atoms with Crippen molar-refractivity contribution < 1.29 is 9.53 Å². The molecule has 29 heavy (non-hydrogen) atoms. The van der Waals surface area contributed by atoms with E-state index in [1.807, 2.05) is 28.8 Å². The summed E-state index contributed by atoms with van der Waals surface area (Å²) in [7, 11) is 0. The lowest BCUT2D eigenvalue weighted by molar-refractivity contribution is 0.0363. The Balaban J connectivity index is 1.60. The quantitative estimate of drug-likeness (QED) is 0.654. The molecule has 7 nitrogen and oxygen atoms in total. The van der Waals surface area contributed by atoms with Crippen LogP contribution in [0.25, 0.3) is 11.0 Å². The van der Waals surface area contributed by atoms with E-state index in [0.29, 0.717) is 23.3 Å². The van der Waals surface area contributed by atoms with E-state index in [1.165, 1.54) is 0 Å². The molecule has 0 radical (unpaired) electrons. The van der Waals surface area contributed by atoms with Gasteiger partial charge in [0.25, 0.3) is 0 Å². The predicted octanol–water partition coefficient (Wildman–Crippen LogP) is 2.01. The fourth-order valence-corrected chi connectivity index (χ4v) is 3.71. The van der Waals surface area contributed by atoms with Gasteiger partial charge < -0.3 is 13.9 Å². The van der Waals surface area contributed by atoms with E-state index in [4.69, 9.17) is 15.4 Å². The third-order valence-electron chi connectivity index (χ3n) is 5.36. The van der Waals surface area contributed by atoms with Crippen LogP contribution in [-0.2, 0) is 17.8 Å². The minimum absolute atomic E-state index is 0.0796. The van der Waals surface area contributed by atoms with Crippen LogP contribution in [0.1, 0.15) is 15.9 Å². The molecule has 7 heteroatoms. The number of rotatable bonds is 6. The lowest BCUT2D eigenvalue weighted by Gasteiger charge is -2.26. The number of morpholine rings is 1. The highest BCUT2D eigenvalue weighted by atomic mass is 16.5. The molecule has 2 heterocycles. The van der Waals surface area contributed by atoms with Crippen LogP contribution in [-0.4, -0.2) is 52.7 Å².